The molecule has 0 aliphatic rings. The van der Waals surface area contributed by atoms with Crippen molar-refractivity contribution in [3.8, 4) is 0 Å². The van der Waals surface area contributed by atoms with E-state index in [1.165, 1.54) is 4.68 Å². The number of carbonyl (C=O) groups excluding carboxylic acids is 1. The number of aromatic nitrogens is 3. The number of anilines is 1. The Morgan fingerprint density at radius 2 is 1.96 bits per heavy atom. The third-order valence-electron chi connectivity index (χ3n) is 3.90. The lowest BCUT2D eigenvalue weighted by molar-refractivity contribution is -0.117. The Labute approximate surface area is 133 Å². The molecule has 0 radical (unpaired) electrons. The molecule has 1 amide bonds. The summed E-state index contributed by atoms with van der Waals surface area (Å²) in [5.74, 6) is 0.377. The molecule has 0 aliphatic carbocycles. The Bertz CT molecular complexity index is 953. The first-order valence-corrected chi connectivity index (χ1v) is 7.37. The average Bonchev–Trinajstić information content (AvgIpc) is 2.98. The zero-order chi connectivity index (χ0) is 16.6. The smallest absolute Gasteiger partial charge is 0.291 e. The van der Waals surface area contributed by atoms with Gasteiger partial charge in [-0.05, 0) is 56.2 Å². The minimum absolute atomic E-state index is 0.117. The first-order chi connectivity index (χ1) is 11.0. The summed E-state index contributed by atoms with van der Waals surface area (Å²) in [4.78, 5) is 24.5. The maximum Gasteiger partial charge on any atom is 0.291 e. The van der Waals surface area contributed by atoms with Gasteiger partial charge in [0, 0.05) is 11.9 Å². The van der Waals surface area contributed by atoms with Gasteiger partial charge in [0.25, 0.3) is 5.56 Å². The molecule has 0 atom stereocenters. The predicted molar refractivity (Wildman–Crippen MR) is 88.7 cm³/mol. The van der Waals surface area contributed by atoms with Gasteiger partial charge in [0.15, 0.2) is 0 Å². The van der Waals surface area contributed by atoms with Crippen molar-refractivity contribution in [2.24, 2.45) is 0 Å². The number of hydrogen-bond donors (Lipinski definition) is 1. The lowest BCUT2D eigenvalue weighted by Crippen LogP contribution is -2.31. The Morgan fingerprint density at radius 3 is 2.70 bits per heavy atom. The summed E-state index contributed by atoms with van der Waals surface area (Å²) in [6.07, 6.45) is 1.78. The average molecular weight is 310 g/mol. The predicted octanol–water partition coefficient (Wildman–Crippen LogP) is 2.06. The van der Waals surface area contributed by atoms with Gasteiger partial charge in [-0.25, -0.2) is 4.68 Å². The Morgan fingerprint density at radius 1 is 1.17 bits per heavy atom. The van der Waals surface area contributed by atoms with Crippen LogP contribution in [0.3, 0.4) is 0 Å². The molecular weight excluding hydrogens is 292 g/mol. The molecule has 1 N–H and O–H groups in total. The largest absolute Gasteiger partial charge is 0.324 e. The Kier molecular flexibility index (Phi) is 3.73. The Hall–Kier alpha value is -2.89. The number of nitrogens with one attached hydrogen (secondary N) is 1. The van der Waals surface area contributed by atoms with Crippen LogP contribution in [0, 0.1) is 20.8 Å². The van der Waals surface area contributed by atoms with E-state index in [2.05, 4.69) is 10.4 Å². The second-order valence-electron chi connectivity index (χ2n) is 5.62. The van der Waals surface area contributed by atoms with Gasteiger partial charge in [0.05, 0.1) is 0 Å². The molecular formula is C17H18N4O2. The maximum absolute atomic E-state index is 12.3. The van der Waals surface area contributed by atoms with Crippen LogP contribution in [0.25, 0.3) is 5.52 Å². The highest BCUT2D eigenvalue weighted by Gasteiger charge is 2.11. The van der Waals surface area contributed by atoms with E-state index in [9.17, 15) is 9.59 Å². The fourth-order valence-electron chi connectivity index (χ4n) is 2.50. The number of rotatable bonds is 3. The van der Waals surface area contributed by atoms with E-state index in [0.29, 0.717) is 17.0 Å². The van der Waals surface area contributed by atoms with Gasteiger partial charge in [-0.3, -0.25) is 14.0 Å². The second kappa shape index (κ2) is 5.72. The van der Waals surface area contributed by atoms with Gasteiger partial charge >= 0.3 is 0 Å². The SMILES string of the molecule is Cc1ccc(NC(=O)Cn2nc(C)n3cccc3c2=O)cc1C. The van der Waals surface area contributed by atoms with Crippen molar-refractivity contribution in [2.45, 2.75) is 27.3 Å². The number of benzene rings is 1. The summed E-state index contributed by atoms with van der Waals surface area (Å²) >= 11 is 0. The van der Waals surface area contributed by atoms with Crippen LogP contribution in [0.15, 0.2) is 41.3 Å². The molecule has 2 aromatic heterocycles. The summed E-state index contributed by atoms with van der Waals surface area (Å²) in [7, 11) is 0. The van der Waals surface area contributed by atoms with E-state index in [1.807, 2.05) is 32.0 Å². The lowest BCUT2D eigenvalue weighted by Gasteiger charge is -2.10. The molecule has 6 nitrogen and oxygen atoms in total. The molecule has 0 saturated carbocycles. The van der Waals surface area contributed by atoms with Crippen molar-refractivity contribution >= 4 is 17.1 Å². The van der Waals surface area contributed by atoms with Crippen LogP contribution in [0.4, 0.5) is 5.69 Å². The van der Waals surface area contributed by atoms with Crippen LogP contribution in [-0.2, 0) is 11.3 Å². The number of hydrogen-bond acceptors (Lipinski definition) is 3. The van der Waals surface area contributed by atoms with E-state index >= 15 is 0 Å². The van der Waals surface area contributed by atoms with Crippen molar-refractivity contribution in [2.75, 3.05) is 5.32 Å². The molecule has 6 heteroatoms. The van der Waals surface area contributed by atoms with E-state index < -0.39 is 0 Å². The van der Waals surface area contributed by atoms with Crippen molar-refractivity contribution in [1.82, 2.24) is 14.2 Å². The van der Waals surface area contributed by atoms with E-state index in [-0.39, 0.29) is 18.0 Å². The summed E-state index contributed by atoms with van der Waals surface area (Å²) in [6, 6.07) is 9.20. The number of fused-ring (bicyclic) bond motifs is 1. The van der Waals surface area contributed by atoms with Crippen molar-refractivity contribution in [1.29, 1.82) is 0 Å². The molecule has 0 spiro atoms. The molecule has 0 aliphatic heterocycles. The zero-order valence-electron chi connectivity index (χ0n) is 13.3. The third-order valence-corrected chi connectivity index (χ3v) is 3.90. The Balaban J connectivity index is 1.84. The standard InChI is InChI=1S/C17H18N4O2/c1-11-6-7-14(9-12(11)2)18-16(22)10-21-17(23)15-5-4-8-20(15)13(3)19-21/h4-9H,10H2,1-3H3,(H,18,22). The number of aryl methyl sites for hydroxylation is 3. The van der Waals surface area contributed by atoms with Crippen molar-refractivity contribution < 1.29 is 4.79 Å². The first kappa shape index (κ1) is 15.0. The molecule has 0 saturated heterocycles. The normalized spacial score (nSPS) is 10.9. The van der Waals surface area contributed by atoms with Crippen molar-refractivity contribution in [3.63, 3.8) is 0 Å². The molecule has 2 heterocycles. The fourth-order valence-corrected chi connectivity index (χ4v) is 2.50. The van der Waals surface area contributed by atoms with Gasteiger partial charge in [-0.2, -0.15) is 5.10 Å². The highest BCUT2D eigenvalue weighted by molar-refractivity contribution is 5.90. The highest BCUT2D eigenvalue weighted by Crippen LogP contribution is 2.14. The van der Waals surface area contributed by atoms with Gasteiger partial charge in [-0.1, -0.05) is 6.07 Å². The topological polar surface area (TPSA) is 68.4 Å². The fraction of sp³-hybridized carbons (Fsp3) is 0.235. The minimum atomic E-state index is -0.282. The van der Waals surface area contributed by atoms with Crippen molar-refractivity contribution in [3.05, 3.63) is 63.8 Å². The monoisotopic (exact) mass is 310 g/mol. The van der Waals surface area contributed by atoms with Crippen LogP contribution < -0.4 is 10.9 Å². The molecule has 23 heavy (non-hydrogen) atoms. The number of nitrogens with zero attached hydrogens (tertiary/aromatic N) is 3. The minimum Gasteiger partial charge on any atom is -0.324 e. The second-order valence-corrected chi connectivity index (χ2v) is 5.62. The molecule has 0 unspecified atom stereocenters. The van der Waals surface area contributed by atoms with E-state index in [0.717, 1.165) is 11.1 Å². The van der Waals surface area contributed by atoms with Gasteiger partial charge in [-0.15, -0.1) is 0 Å². The van der Waals surface area contributed by atoms with E-state index in [1.54, 1.807) is 29.7 Å². The molecule has 118 valence electrons. The molecule has 3 aromatic rings. The molecule has 3 rings (SSSR count). The van der Waals surface area contributed by atoms with Crippen LogP contribution in [0.2, 0.25) is 0 Å². The summed E-state index contributed by atoms with van der Waals surface area (Å²) < 4.78 is 2.90. The zero-order valence-corrected chi connectivity index (χ0v) is 13.3. The summed E-state index contributed by atoms with van der Waals surface area (Å²) in [6.45, 7) is 5.68. The molecule has 0 fully saturated rings. The maximum atomic E-state index is 12.3. The highest BCUT2D eigenvalue weighted by atomic mass is 16.2. The summed E-state index contributed by atoms with van der Waals surface area (Å²) in [5, 5.41) is 6.99. The van der Waals surface area contributed by atoms with Crippen LogP contribution >= 0.6 is 0 Å². The van der Waals surface area contributed by atoms with Crippen LogP contribution in [0.1, 0.15) is 17.0 Å². The molecule has 1 aromatic carbocycles. The first-order valence-electron chi connectivity index (χ1n) is 7.37. The third kappa shape index (κ3) is 2.88. The molecule has 0 bridgehead atoms. The van der Waals surface area contributed by atoms with Crippen LogP contribution in [0.5, 0.6) is 0 Å². The van der Waals surface area contributed by atoms with Gasteiger partial charge in [0.1, 0.15) is 17.9 Å². The number of amides is 1. The van der Waals surface area contributed by atoms with E-state index in [4.69, 9.17) is 0 Å². The van der Waals surface area contributed by atoms with Gasteiger partial charge in [0.2, 0.25) is 5.91 Å². The van der Waals surface area contributed by atoms with Crippen LogP contribution in [-0.4, -0.2) is 20.1 Å². The van der Waals surface area contributed by atoms with Gasteiger partial charge < -0.3 is 5.32 Å². The lowest BCUT2D eigenvalue weighted by atomic mass is 10.1. The quantitative estimate of drug-likeness (QED) is 0.805. The number of carbonyl (C=O) groups is 1. The summed E-state index contributed by atoms with van der Waals surface area (Å²) in [5.41, 5.74) is 3.21.